The van der Waals surface area contributed by atoms with Gasteiger partial charge in [0.05, 0.1) is 12.2 Å². The molecule has 142 valence electrons. The van der Waals surface area contributed by atoms with E-state index in [0.29, 0.717) is 35.5 Å². The van der Waals surface area contributed by atoms with E-state index >= 15 is 0 Å². The lowest BCUT2D eigenvalue weighted by Gasteiger charge is -2.38. The van der Waals surface area contributed by atoms with Crippen molar-refractivity contribution in [3.63, 3.8) is 0 Å². The van der Waals surface area contributed by atoms with E-state index in [4.69, 9.17) is 8.37 Å². The summed E-state index contributed by atoms with van der Waals surface area (Å²) in [5.74, 6) is 3.44. The van der Waals surface area contributed by atoms with Crippen LogP contribution in [0.2, 0.25) is 0 Å². The normalized spacial score (nSPS) is 38.2. The van der Waals surface area contributed by atoms with Crippen molar-refractivity contribution in [2.45, 2.75) is 92.3 Å². The van der Waals surface area contributed by atoms with Gasteiger partial charge in [-0.2, -0.15) is 4.21 Å². The first-order valence-electron chi connectivity index (χ1n) is 10.0. The van der Waals surface area contributed by atoms with Crippen molar-refractivity contribution in [1.82, 2.24) is 0 Å². The molecule has 0 amide bonds. The van der Waals surface area contributed by atoms with Crippen molar-refractivity contribution in [1.29, 1.82) is 0 Å². The lowest BCUT2D eigenvalue weighted by Crippen LogP contribution is -2.38. The van der Waals surface area contributed by atoms with Crippen LogP contribution in [0.4, 0.5) is 0 Å². The molecule has 4 heteroatoms. The first-order chi connectivity index (χ1) is 11.3. The first-order valence-corrected chi connectivity index (χ1v) is 11.0. The summed E-state index contributed by atoms with van der Waals surface area (Å²) in [5, 5.41) is 0. The van der Waals surface area contributed by atoms with Crippen molar-refractivity contribution < 1.29 is 12.6 Å². The Morgan fingerprint density at radius 2 is 1.12 bits per heavy atom. The zero-order chi connectivity index (χ0) is 17.9. The molecule has 0 aromatic heterocycles. The Kier molecular flexibility index (Phi) is 7.76. The van der Waals surface area contributed by atoms with Crippen molar-refractivity contribution >= 4 is 11.4 Å². The quantitative estimate of drug-likeness (QED) is 0.627. The average molecular weight is 359 g/mol. The smallest absolute Gasteiger partial charge is 0.265 e. The Bertz CT molecular complexity index is 374. The Hall–Kier alpha value is 0.0700. The molecule has 0 heterocycles. The standard InChI is InChI=1S/C20H38O3S/c1-13(2)17-9-7-15(5)11-19(17)22-24(21)23-20-12-16(6)8-10-18(20)14(3)4/h13-20H,7-12H2,1-6H3/t15-,16-,17+,18+,19-,20-/m0/s1. The summed E-state index contributed by atoms with van der Waals surface area (Å²) in [6.45, 7) is 13.5. The van der Waals surface area contributed by atoms with E-state index in [1.54, 1.807) is 0 Å². The van der Waals surface area contributed by atoms with Crippen LogP contribution < -0.4 is 0 Å². The summed E-state index contributed by atoms with van der Waals surface area (Å²) >= 11 is -1.62. The van der Waals surface area contributed by atoms with E-state index in [9.17, 15) is 4.21 Å². The second-order valence-corrected chi connectivity index (χ2v) is 9.92. The van der Waals surface area contributed by atoms with E-state index in [1.165, 1.54) is 25.7 Å². The van der Waals surface area contributed by atoms with Gasteiger partial charge < -0.3 is 0 Å². The highest BCUT2D eigenvalue weighted by molar-refractivity contribution is 7.75. The van der Waals surface area contributed by atoms with Gasteiger partial charge in [-0.05, 0) is 61.2 Å². The van der Waals surface area contributed by atoms with Crippen LogP contribution in [0.5, 0.6) is 0 Å². The summed E-state index contributed by atoms with van der Waals surface area (Å²) in [6.07, 6.45) is 7.03. The summed E-state index contributed by atoms with van der Waals surface area (Å²) in [5.41, 5.74) is 0. The Balaban J connectivity index is 1.94. The lowest BCUT2D eigenvalue weighted by molar-refractivity contribution is 0.0142. The summed E-state index contributed by atoms with van der Waals surface area (Å²) in [7, 11) is 0. The molecule has 0 saturated heterocycles. The second kappa shape index (κ2) is 9.14. The van der Waals surface area contributed by atoms with E-state index in [1.807, 2.05) is 0 Å². The van der Waals surface area contributed by atoms with Gasteiger partial charge in [0.1, 0.15) is 0 Å². The summed E-state index contributed by atoms with van der Waals surface area (Å²) in [4.78, 5) is 0. The van der Waals surface area contributed by atoms with Gasteiger partial charge in [-0.25, -0.2) is 0 Å². The third kappa shape index (κ3) is 5.54. The van der Waals surface area contributed by atoms with Gasteiger partial charge in [0.15, 0.2) is 0 Å². The van der Waals surface area contributed by atoms with Gasteiger partial charge in [-0.15, -0.1) is 0 Å². The van der Waals surface area contributed by atoms with Crippen LogP contribution in [0, 0.1) is 35.5 Å². The molecule has 0 unspecified atom stereocenters. The zero-order valence-electron chi connectivity index (χ0n) is 16.5. The third-order valence-corrected chi connectivity index (χ3v) is 7.14. The maximum Gasteiger partial charge on any atom is 0.305 e. The van der Waals surface area contributed by atoms with Gasteiger partial charge in [-0.3, -0.25) is 8.37 Å². The molecule has 0 spiro atoms. The SMILES string of the molecule is CC(C)[C@H]1CC[C@H](C)C[C@@H]1OS(=O)O[C@H]1C[C@@H](C)CC[C@@H]1C(C)C. The van der Waals surface area contributed by atoms with Crippen LogP contribution >= 0.6 is 0 Å². The molecule has 0 radical (unpaired) electrons. The van der Waals surface area contributed by atoms with Crippen molar-refractivity contribution in [2.75, 3.05) is 0 Å². The molecule has 0 aromatic rings. The fourth-order valence-electron chi connectivity index (χ4n) is 4.68. The maximum atomic E-state index is 12.6. The van der Waals surface area contributed by atoms with Crippen LogP contribution in [-0.2, 0) is 19.7 Å². The van der Waals surface area contributed by atoms with Crippen LogP contribution in [-0.4, -0.2) is 16.4 Å². The van der Waals surface area contributed by atoms with Crippen LogP contribution in [0.25, 0.3) is 0 Å². The molecule has 2 rings (SSSR count). The molecule has 24 heavy (non-hydrogen) atoms. The average Bonchev–Trinajstić information content (AvgIpc) is 2.46. The van der Waals surface area contributed by atoms with Gasteiger partial charge in [0, 0.05) is 0 Å². The van der Waals surface area contributed by atoms with Gasteiger partial charge in [-0.1, -0.05) is 54.4 Å². The first kappa shape index (κ1) is 20.4. The van der Waals surface area contributed by atoms with Crippen molar-refractivity contribution in [3.8, 4) is 0 Å². The molecule has 2 aliphatic rings. The molecule has 6 atom stereocenters. The Labute approximate surface area is 152 Å². The van der Waals surface area contributed by atoms with Crippen molar-refractivity contribution in [2.24, 2.45) is 35.5 Å². The Morgan fingerprint density at radius 1 is 0.750 bits per heavy atom. The number of rotatable bonds is 6. The molecular weight excluding hydrogens is 320 g/mol. The molecule has 0 aliphatic heterocycles. The summed E-state index contributed by atoms with van der Waals surface area (Å²) < 4.78 is 24.5. The Morgan fingerprint density at radius 3 is 1.46 bits per heavy atom. The highest BCUT2D eigenvalue weighted by atomic mass is 32.2. The molecule has 3 nitrogen and oxygen atoms in total. The van der Waals surface area contributed by atoms with Crippen LogP contribution in [0.3, 0.4) is 0 Å². The minimum Gasteiger partial charge on any atom is -0.265 e. The highest BCUT2D eigenvalue weighted by Crippen LogP contribution is 2.38. The topological polar surface area (TPSA) is 35.5 Å². The maximum absolute atomic E-state index is 12.6. The zero-order valence-corrected chi connectivity index (χ0v) is 17.3. The van der Waals surface area contributed by atoms with Crippen LogP contribution in [0.15, 0.2) is 0 Å². The fourth-order valence-corrected chi connectivity index (χ4v) is 5.57. The third-order valence-electron chi connectivity index (χ3n) is 6.33. The second-order valence-electron chi connectivity index (χ2n) is 9.13. The van der Waals surface area contributed by atoms with Crippen LogP contribution in [0.1, 0.15) is 80.1 Å². The predicted octanol–water partition coefficient (Wildman–Crippen LogP) is 5.52. The predicted molar refractivity (Wildman–Crippen MR) is 101 cm³/mol. The number of hydrogen-bond donors (Lipinski definition) is 0. The van der Waals surface area contributed by atoms with E-state index in [0.717, 1.165) is 12.8 Å². The molecule has 2 aliphatic carbocycles. The molecular formula is C20H38O3S. The van der Waals surface area contributed by atoms with E-state index < -0.39 is 11.4 Å². The van der Waals surface area contributed by atoms with Gasteiger partial charge in [0.2, 0.25) is 0 Å². The fraction of sp³-hybridized carbons (Fsp3) is 1.00. The molecule has 0 aromatic carbocycles. The monoisotopic (exact) mass is 358 g/mol. The molecule has 2 fully saturated rings. The minimum absolute atomic E-state index is 0.0769. The van der Waals surface area contributed by atoms with E-state index in [2.05, 4.69) is 41.5 Å². The summed E-state index contributed by atoms with van der Waals surface area (Å²) in [6, 6.07) is 0. The highest BCUT2D eigenvalue weighted by Gasteiger charge is 2.36. The largest absolute Gasteiger partial charge is 0.305 e. The van der Waals surface area contributed by atoms with E-state index in [-0.39, 0.29) is 12.2 Å². The minimum atomic E-state index is -1.62. The molecule has 0 bridgehead atoms. The van der Waals surface area contributed by atoms with Crippen molar-refractivity contribution in [3.05, 3.63) is 0 Å². The molecule has 0 N–H and O–H groups in total. The molecule has 2 saturated carbocycles. The number of hydrogen-bond acceptors (Lipinski definition) is 3. The van der Waals surface area contributed by atoms with Gasteiger partial charge in [0.25, 0.3) is 0 Å². The lowest BCUT2D eigenvalue weighted by atomic mass is 9.75. The van der Waals surface area contributed by atoms with Gasteiger partial charge >= 0.3 is 11.4 Å².